The van der Waals surface area contributed by atoms with Gasteiger partial charge in [0.2, 0.25) is 0 Å². The first kappa shape index (κ1) is 19.8. The summed E-state index contributed by atoms with van der Waals surface area (Å²) in [5.41, 5.74) is -0.579. The summed E-state index contributed by atoms with van der Waals surface area (Å²) in [5.74, 6) is -1.04. The Bertz CT molecular complexity index is 1220. The molecular weight excluding hydrogens is 403 g/mol. The van der Waals surface area contributed by atoms with Crippen LogP contribution < -0.4 is 21.1 Å². The molecule has 0 saturated heterocycles. The number of nitrogens with zero attached hydrogens (tertiary/aromatic N) is 2. The van der Waals surface area contributed by atoms with E-state index >= 15 is 0 Å². The van der Waals surface area contributed by atoms with Crippen LogP contribution in [0.1, 0.15) is 12.5 Å². The molecule has 4 rings (SSSR count). The average Bonchev–Trinajstić information content (AvgIpc) is 2.67. The smallest absolute Gasteiger partial charge is 0.365 e. The molecule has 0 fully saturated rings. The lowest BCUT2D eigenvalue weighted by atomic mass is 10.0. The SMILES string of the molecule is CC1(Nc2cc(-c3ccc(C(F)(F)F)cc3)cnn2)C=c2cc(F)cc(F)c2=CN1. The Morgan fingerprint density at radius 1 is 1.00 bits per heavy atom. The predicted octanol–water partition coefficient (Wildman–Crippen LogP) is 3.39. The van der Waals surface area contributed by atoms with Gasteiger partial charge in [-0.1, -0.05) is 12.1 Å². The van der Waals surface area contributed by atoms with Crippen LogP contribution in [0.25, 0.3) is 23.4 Å². The topological polar surface area (TPSA) is 49.8 Å². The number of halogens is 5. The monoisotopic (exact) mass is 418 g/mol. The molecule has 2 N–H and O–H groups in total. The molecule has 0 spiro atoms. The number of nitrogens with one attached hydrogen (secondary N) is 2. The van der Waals surface area contributed by atoms with Gasteiger partial charge >= 0.3 is 6.18 Å². The molecule has 1 unspecified atom stereocenters. The molecule has 0 amide bonds. The van der Waals surface area contributed by atoms with E-state index in [4.69, 9.17) is 0 Å². The molecule has 4 nitrogen and oxygen atoms in total. The molecule has 2 aromatic carbocycles. The van der Waals surface area contributed by atoms with Gasteiger partial charge < -0.3 is 10.6 Å². The number of rotatable bonds is 3. The summed E-state index contributed by atoms with van der Waals surface area (Å²) in [6.45, 7) is 1.74. The van der Waals surface area contributed by atoms with E-state index in [-0.39, 0.29) is 5.22 Å². The highest BCUT2D eigenvalue weighted by atomic mass is 19.4. The van der Waals surface area contributed by atoms with Crippen molar-refractivity contribution in [2.75, 3.05) is 5.32 Å². The summed E-state index contributed by atoms with van der Waals surface area (Å²) >= 11 is 0. The van der Waals surface area contributed by atoms with Gasteiger partial charge in [0.25, 0.3) is 0 Å². The molecule has 1 aliphatic heterocycles. The summed E-state index contributed by atoms with van der Waals surface area (Å²) < 4.78 is 65.7. The highest BCUT2D eigenvalue weighted by Crippen LogP contribution is 2.31. The molecule has 1 aromatic heterocycles. The number of alkyl halides is 3. The summed E-state index contributed by atoms with van der Waals surface area (Å²) in [7, 11) is 0. The first-order chi connectivity index (χ1) is 14.1. The average molecular weight is 418 g/mol. The summed E-state index contributed by atoms with van der Waals surface area (Å²) in [5, 5.41) is 14.6. The largest absolute Gasteiger partial charge is 0.416 e. The van der Waals surface area contributed by atoms with Gasteiger partial charge in [0.1, 0.15) is 17.3 Å². The van der Waals surface area contributed by atoms with E-state index < -0.39 is 29.0 Å². The molecule has 30 heavy (non-hydrogen) atoms. The van der Waals surface area contributed by atoms with Crippen molar-refractivity contribution < 1.29 is 22.0 Å². The van der Waals surface area contributed by atoms with Crippen LogP contribution in [0, 0.1) is 11.6 Å². The van der Waals surface area contributed by atoms with Crippen LogP contribution in [0.3, 0.4) is 0 Å². The Morgan fingerprint density at radius 2 is 1.73 bits per heavy atom. The van der Waals surface area contributed by atoms with E-state index in [9.17, 15) is 22.0 Å². The first-order valence-electron chi connectivity index (χ1n) is 8.87. The molecular formula is C21H15F5N4. The van der Waals surface area contributed by atoms with Crippen LogP contribution in [-0.2, 0) is 6.18 Å². The van der Waals surface area contributed by atoms with Gasteiger partial charge in [-0.25, -0.2) is 8.78 Å². The van der Waals surface area contributed by atoms with Crippen LogP contribution >= 0.6 is 0 Å². The van der Waals surface area contributed by atoms with E-state index in [0.29, 0.717) is 22.2 Å². The maximum absolute atomic E-state index is 13.9. The lowest BCUT2D eigenvalue weighted by Gasteiger charge is -2.30. The normalized spacial score (nSPS) is 17.9. The van der Waals surface area contributed by atoms with Crippen molar-refractivity contribution in [1.29, 1.82) is 0 Å². The van der Waals surface area contributed by atoms with Crippen molar-refractivity contribution in [2.45, 2.75) is 18.8 Å². The number of anilines is 1. The van der Waals surface area contributed by atoms with Gasteiger partial charge in [0.05, 0.1) is 11.8 Å². The van der Waals surface area contributed by atoms with E-state index in [1.54, 1.807) is 19.1 Å². The third kappa shape index (κ3) is 3.96. The van der Waals surface area contributed by atoms with Crippen LogP contribution in [0.5, 0.6) is 0 Å². The number of aromatic nitrogens is 2. The maximum atomic E-state index is 13.9. The van der Waals surface area contributed by atoms with Crippen molar-refractivity contribution in [3.63, 3.8) is 0 Å². The fourth-order valence-electron chi connectivity index (χ4n) is 3.23. The molecule has 2 heterocycles. The number of hydrogen-bond donors (Lipinski definition) is 2. The Morgan fingerprint density at radius 3 is 2.43 bits per heavy atom. The lowest BCUT2D eigenvalue weighted by Crippen LogP contribution is -2.52. The van der Waals surface area contributed by atoms with E-state index in [2.05, 4.69) is 20.8 Å². The minimum atomic E-state index is -4.41. The molecule has 0 radical (unpaired) electrons. The highest BCUT2D eigenvalue weighted by molar-refractivity contribution is 5.66. The zero-order valence-electron chi connectivity index (χ0n) is 15.6. The maximum Gasteiger partial charge on any atom is 0.416 e. The van der Waals surface area contributed by atoms with Gasteiger partial charge in [-0.2, -0.15) is 18.3 Å². The molecule has 0 aliphatic carbocycles. The van der Waals surface area contributed by atoms with Crippen molar-refractivity contribution in [2.24, 2.45) is 0 Å². The minimum absolute atomic E-state index is 0.236. The molecule has 1 aliphatic rings. The van der Waals surface area contributed by atoms with Crippen molar-refractivity contribution in [1.82, 2.24) is 15.5 Å². The fraction of sp³-hybridized carbons (Fsp3) is 0.143. The predicted molar refractivity (Wildman–Crippen MR) is 102 cm³/mol. The number of hydrogen-bond acceptors (Lipinski definition) is 4. The Balaban J connectivity index is 1.63. The van der Waals surface area contributed by atoms with Gasteiger partial charge in [-0.05, 0) is 48.0 Å². The van der Waals surface area contributed by atoms with Crippen molar-refractivity contribution >= 4 is 18.1 Å². The summed E-state index contributed by atoms with van der Waals surface area (Å²) in [6, 6.07) is 8.35. The fourth-order valence-corrected chi connectivity index (χ4v) is 3.23. The van der Waals surface area contributed by atoms with Gasteiger partial charge in [-0.15, -0.1) is 5.10 Å². The Hall–Kier alpha value is -3.49. The third-order valence-electron chi connectivity index (χ3n) is 4.67. The summed E-state index contributed by atoms with van der Waals surface area (Å²) in [6.07, 6.45) is 0.0656. The zero-order chi connectivity index (χ0) is 21.5. The van der Waals surface area contributed by atoms with Gasteiger partial charge in [0.15, 0.2) is 5.82 Å². The van der Waals surface area contributed by atoms with E-state index in [0.717, 1.165) is 18.2 Å². The number of benzene rings is 2. The second-order valence-electron chi connectivity index (χ2n) is 7.06. The van der Waals surface area contributed by atoms with Crippen LogP contribution in [-0.4, -0.2) is 15.9 Å². The lowest BCUT2D eigenvalue weighted by molar-refractivity contribution is -0.137. The zero-order valence-corrected chi connectivity index (χ0v) is 15.6. The van der Waals surface area contributed by atoms with E-state index in [1.165, 1.54) is 30.6 Å². The van der Waals surface area contributed by atoms with Crippen LogP contribution in [0.2, 0.25) is 0 Å². The quantitative estimate of drug-likeness (QED) is 0.641. The minimum Gasteiger partial charge on any atom is -0.365 e. The van der Waals surface area contributed by atoms with Crippen LogP contribution in [0.15, 0.2) is 48.7 Å². The molecule has 9 heteroatoms. The standard InChI is InChI=1S/C21H15F5N4/c1-20(9-13-6-16(22)8-18(23)17(13)11-27-20)29-19-7-14(10-28-30-19)12-2-4-15(5-3-12)21(24,25)26/h2-11,27H,1H3,(H,29,30). The van der Waals surface area contributed by atoms with Crippen molar-refractivity contribution in [3.8, 4) is 11.1 Å². The molecule has 154 valence electrons. The highest BCUT2D eigenvalue weighted by Gasteiger charge is 2.30. The van der Waals surface area contributed by atoms with Crippen LogP contribution in [0.4, 0.5) is 27.8 Å². The summed E-state index contributed by atoms with van der Waals surface area (Å²) in [4.78, 5) is 0. The molecule has 0 bridgehead atoms. The molecule has 0 saturated carbocycles. The molecule has 3 aromatic rings. The van der Waals surface area contributed by atoms with Crippen molar-refractivity contribution in [3.05, 3.63) is 76.3 Å². The Kier molecular flexibility index (Phi) is 4.68. The second-order valence-corrected chi connectivity index (χ2v) is 7.06. The Labute approximate surface area is 167 Å². The van der Waals surface area contributed by atoms with Gasteiger partial charge in [0, 0.05) is 23.0 Å². The third-order valence-corrected chi connectivity index (χ3v) is 4.67. The number of fused-ring (bicyclic) bond motifs is 1. The van der Waals surface area contributed by atoms with Gasteiger partial charge in [-0.3, -0.25) is 0 Å². The second kappa shape index (κ2) is 7.08. The molecule has 1 atom stereocenters. The van der Waals surface area contributed by atoms with E-state index in [1.807, 2.05) is 0 Å². The first-order valence-corrected chi connectivity index (χ1v) is 8.87.